The van der Waals surface area contributed by atoms with Crippen molar-refractivity contribution in [3.05, 3.63) is 59.7 Å². The molecule has 0 spiro atoms. The summed E-state index contributed by atoms with van der Waals surface area (Å²) in [5, 5.41) is 98.3. The Morgan fingerprint density at radius 3 is 1.32 bits per heavy atom. The van der Waals surface area contributed by atoms with E-state index in [0.717, 1.165) is 21.6 Å². The minimum Gasteiger partial charge on any atom is -0.508 e. The van der Waals surface area contributed by atoms with E-state index in [1.165, 1.54) is 55.5 Å². The zero-order valence-electron chi connectivity index (χ0n) is 47.5. The maximum Gasteiger partial charge on any atom is 0.326 e. The average Bonchev–Trinajstić information content (AvgIpc) is 4.27. The van der Waals surface area contributed by atoms with Crippen LogP contribution in [0, 0.1) is 0 Å². The standard InChI is InChI=1S/C55H82N12O18/c1-28(58)46(75)59-37(7-3-5-17-56)52(81)65-24-34(72)21-42(65)49(78)63-41(27-68)48(77)62-40(20-31-11-15-33(71)16-12-31)54(83)66-25-35(73)22-43(66)50(79)64-45(29(2)69)51(80)61-39(19-30-9-13-32(70)14-10-30)47(76)60-38(8-4-6-18-57)53(82)67-26-36(74)23-44(67)55(84)85/h9-16,28-29,34-45,68-74H,3-8,17-27,56-58H2,1-2H3,(H,59,75)(H,60,76)(H,61,80)(H,62,77)(H,63,78)(H,64,79)(H,84,85)/t28-,29+,34+,35+,36+,37-,38-,39-,40-,41-,42-,43-,44-,45-/m0/s1. The second-order valence-corrected chi connectivity index (χ2v) is 21.8. The van der Waals surface area contributed by atoms with Gasteiger partial charge in [-0.2, -0.15) is 0 Å². The Hall–Kier alpha value is -7.58. The van der Waals surface area contributed by atoms with Crippen LogP contribution in [0.1, 0.15) is 82.8 Å². The van der Waals surface area contributed by atoms with Crippen molar-refractivity contribution in [2.75, 3.05) is 39.3 Å². The third kappa shape index (κ3) is 19.2. The molecule has 2 aromatic carbocycles. The summed E-state index contributed by atoms with van der Waals surface area (Å²) in [4.78, 5) is 141. The number of β-amino-alcohol motifs (C(OH)–C–C–N with tert-alkyl or cyclic N) is 3. The molecule has 0 radical (unpaired) electrons. The molecule has 2 aromatic rings. The number of likely N-dealkylation sites (tertiary alicyclic amines) is 3. The molecule has 3 saturated heterocycles. The lowest BCUT2D eigenvalue weighted by Crippen LogP contribution is -2.62. The maximum atomic E-state index is 14.8. The van der Waals surface area contributed by atoms with Gasteiger partial charge in [-0.25, -0.2) is 4.79 Å². The first-order valence-corrected chi connectivity index (χ1v) is 28.3. The molecule has 30 nitrogen and oxygen atoms in total. The molecule has 470 valence electrons. The van der Waals surface area contributed by atoms with Crippen molar-refractivity contribution in [2.24, 2.45) is 17.2 Å². The number of nitrogens with one attached hydrogen (secondary N) is 6. The van der Waals surface area contributed by atoms with Crippen LogP contribution in [0.25, 0.3) is 0 Å². The number of carbonyl (C=O) groups excluding carboxylic acids is 9. The van der Waals surface area contributed by atoms with Crippen molar-refractivity contribution in [3.8, 4) is 11.5 Å². The summed E-state index contributed by atoms with van der Waals surface area (Å²) in [5.74, 6) is -10.2. The van der Waals surface area contributed by atoms with E-state index in [4.69, 9.17) is 17.2 Å². The van der Waals surface area contributed by atoms with Gasteiger partial charge in [0.1, 0.15) is 65.9 Å². The van der Waals surface area contributed by atoms with Gasteiger partial charge in [0.25, 0.3) is 0 Å². The van der Waals surface area contributed by atoms with Crippen LogP contribution in [0.5, 0.6) is 11.5 Å². The van der Waals surface area contributed by atoms with Crippen LogP contribution in [0.4, 0.5) is 0 Å². The molecule has 0 aromatic heterocycles. The van der Waals surface area contributed by atoms with Crippen molar-refractivity contribution in [3.63, 3.8) is 0 Å². The van der Waals surface area contributed by atoms with Crippen LogP contribution >= 0.6 is 0 Å². The molecule has 14 atom stereocenters. The van der Waals surface area contributed by atoms with Gasteiger partial charge in [0.2, 0.25) is 53.2 Å². The Balaban J connectivity index is 1.36. The number of aliphatic carboxylic acids is 1. The number of aliphatic hydroxyl groups is 5. The summed E-state index contributed by atoms with van der Waals surface area (Å²) in [6, 6.07) is -3.97. The highest BCUT2D eigenvalue weighted by Crippen LogP contribution is 2.25. The number of hydrogen-bond donors (Lipinski definition) is 17. The Bertz CT molecular complexity index is 2650. The van der Waals surface area contributed by atoms with E-state index in [9.17, 15) is 88.8 Å². The first kappa shape index (κ1) is 68.2. The number of amides is 9. The Morgan fingerprint density at radius 1 is 0.518 bits per heavy atom. The van der Waals surface area contributed by atoms with Gasteiger partial charge in [-0.1, -0.05) is 24.3 Å². The van der Waals surface area contributed by atoms with E-state index in [2.05, 4.69) is 31.9 Å². The Labute approximate surface area is 490 Å². The second-order valence-electron chi connectivity index (χ2n) is 21.8. The van der Waals surface area contributed by atoms with E-state index in [1.807, 2.05) is 0 Å². The number of carboxylic acids is 1. The predicted molar refractivity (Wildman–Crippen MR) is 299 cm³/mol. The first-order valence-electron chi connectivity index (χ1n) is 28.3. The van der Waals surface area contributed by atoms with Crippen molar-refractivity contribution in [1.82, 2.24) is 46.6 Å². The Kier molecular flexibility index (Phi) is 25.7. The van der Waals surface area contributed by atoms with Crippen molar-refractivity contribution < 1.29 is 88.8 Å². The molecule has 0 saturated carbocycles. The Morgan fingerprint density at radius 2 is 0.894 bits per heavy atom. The van der Waals surface area contributed by atoms with Gasteiger partial charge in [-0.3, -0.25) is 43.2 Å². The largest absolute Gasteiger partial charge is 0.508 e. The number of aliphatic hydroxyl groups excluding tert-OH is 5. The third-order valence-corrected chi connectivity index (χ3v) is 15.0. The lowest BCUT2D eigenvalue weighted by atomic mass is 10.0. The number of hydrogen-bond acceptors (Lipinski definition) is 20. The predicted octanol–water partition coefficient (Wildman–Crippen LogP) is -6.26. The van der Waals surface area contributed by atoms with E-state index in [-0.39, 0.29) is 69.7 Å². The summed E-state index contributed by atoms with van der Waals surface area (Å²) >= 11 is 0. The second kappa shape index (κ2) is 32.1. The van der Waals surface area contributed by atoms with Gasteiger partial charge in [0, 0.05) is 51.7 Å². The molecule has 3 fully saturated rings. The minimum absolute atomic E-state index is 0.0291. The number of nitrogens with zero attached hydrogens (tertiary/aromatic N) is 3. The number of unbranched alkanes of at least 4 members (excludes halogenated alkanes) is 2. The molecule has 30 heteroatoms. The number of aromatic hydroxyl groups is 2. The van der Waals surface area contributed by atoms with Gasteiger partial charge in [-0.05, 0) is 101 Å². The zero-order valence-corrected chi connectivity index (χ0v) is 47.5. The number of rotatable bonds is 30. The van der Waals surface area contributed by atoms with Crippen molar-refractivity contribution >= 4 is 59.1 Å². The topological polar surface area (TPSA) is 492 Å². The highest BCUT2D eigenvalue weighted by molar-refractivity contribution is 5.99. The van der Waals surface area contributed by atoms with E-state index in [0.29, 0.717) is 43.4 Å². The molecule has 20 N–H and O–H groups in total. The van der Waals surface area contributed by atoms with Crippen LogP contribution in [0.15, 0.2) is 48.5 Å². The smallest absolute Gasteiger partial charge is 0.326 e. The normalized spacial score (nSPS) is 22.2. The van der Waals surface area contributed by atoms with E-state index in [1.54, 1.807) is 0 Å². The molecule has 3 aliphatic heterocycles. The van der Waals surface area contributed by atoms with Gasteiger partial charge >= 0.3 is 5.97 Å². The zero-order chi connectivity index (χ0) is 62.8. The molecule has 3 heterocycles. The van der Waals surface area contributed by atoms with Crippen LogP contribution in [-0.4, -0.2) is 239 Å². The van der Waals surface area contributed by atoms with Crippen LogP contribution in [0.2, 0.25) is 0 Å². The number of carboxylic acid groups (broad SMARTS) is 1. The molecule has 0 bridgehead atoms. The summed E-state index contributed by atoms with van der Waals surface area (Å²) < 4.78 is 0. The van der Waals surface area contributed by atoms with Crippen LogP contribution in [-0.2, 0) is 60.8 Å². The summed E-state index contributed by atoms with van der Waals surface area (Å²) in [7, 11) is 0. The molecule has 0 aliphatic carbocycles. The number of phenolic OH excluding ortho intramolecular Hbond substituents is 2. The summed E-state index contributed by atoms with van der Waals surface area (Å²) in [6.07, 6.45) is -5.43. The molecular weight excluding hydrogens is 1120 g/mol. The third-order valence-electron chi connectivity index (χ3n) is 15.0. The molecule has 0 unspecified atom stereocenters. The van der Waals surface area contributed by atoms with Gasteiger partial charge in [0.05, 0.1) is 37.1 Å². The summed E-state index contributed by atoms with van der Waals surface area (Å²) in [5.41, 5.74) is 17.8. The molecular formula is C55H82N12O18. The number of carbonyl (C=O) groups is 10. The number of phenols is 2. The summed E-state index contributed by atoms with van der Waals surface area (Å²) in [6.45, 7) is 0.804. The molecule has 5 rings (SSSR count). The lowest BCUT2D eigenvalue weighted by molar-refractivity contribution is -0.149. The first-order chi connectivity index (χ1) is 40.3. The maximum absolute atomic E-state index is 14.8. The molecule has 85 heavy (non-hydrogen) atoms. The lowest BCUT2D eigenvalue weighted by Gasteiger charge is -2.32. The molecule has 3 aliphatic rings. The van der Waals surface area contributed by atoms with Crippen LogP contribution < -0.4 is 49.1 Å². The number of benzene rings is 2. The van der Waals surface area contributed by atoms with Gasteiger partial charge in [0.15, 0.2) is 0 Å². The minimum atomic E-state index is -1.88. The number of nitrogens with two attached hydrogens (primary N) is 3. The van der Waals surface area contributed by atoms with Gasteiger partial charge in [-0.15, -0.1) is 0 Å². The quantitative estimate of drug-likeness (QED) is 0.0324. The van der Waals surface area contributed by atoms with Crippen LogP contribution in [0.3, 0.4) is 0 Å². The SMILES string of the molecule is C[C@H](N)C(=O)N[C@@H](CCCCN)C(=O)N1C[C@H](O)C[C@H]1C(=O)N[C@@H](CO)C(=O)N[C@@H](Cc1ccc(O)cc1)C(=O)N1C[C@H](O)C[C@H]1C(=O)N[C@H](C(=O)N[C@@H](Cc1ccc(O)cc1)C(=O)N[C@@H](CCCCN)C(=O)N1C[C@H](O)C[C@H]1C(=O)O)[C@@H](C)O. The highest BCUT2D eigenvalue weighted by Gasteiger charge is 2.46. The van der Waals surface area contributed by atoms with Crippen molar-refractivity contribution in [2.45, 2.75) is 169 Å². The fourth-order valence-electron chi connectivity index (χ4n) is 10.4. The van der Waals surface area contributed by atoms with Crippen molar-refractivity contribution in [1.29, 1.82) is 0 Å². The fraction of sp³-hybridized carbons (Fsp3) is 0.600. The molecule has 9 amide bonds. The van der Waals surface area contributed by atoms with E-state index < -0.39 is 164 Å². The fourth-order valence-corrected chi connectivity index (χ4v) is 10.4. The highest BCUT2D eigenvalue weighted by atomic mass is 16.4. The van der Waals surface area contributed by atoms with E-state index >= 15 is 0 Å². The average molecular weight is 1200 g/mol. The monoisotopic (exact) mass is 1200 g/mol. The van der Waals surface area contributed by atoms with Gasteiger partial charge < -0.3 is 105 Å².